The molecule has 2 aromatic rings. The fourth-order valence-electron chi connectivity index (χ4n) is 1.32. The number of pyridine rings is 2. The summed E-state index contributed by atoms with van der Waals surface area (Å²) >= 11 is 0. The molecular weight excluding hydrogens is 252 g/mol. The number of nitrogens with zero attached hydrogens (tertiary/aromatic N) is 3. The first-order valence-electron chi connectivity index (χ1n) is 5.12. The standard InChI is InChI=1S/C11H8N4O4/c16-9-5-8(15(18)19)6-13-10(9)14-11(17)7-1-3-12-4-2-7/h1-6,16H,(H,13,14,17). The van der Waals surface area contributed by atoms with Gasteiger partial charge in [0.05, 0.1) is 11.0 Å². The van der Waals surface area contributed by atoms with Gasteiger partial charge in [-0.1, -0.05) is 0 Å². The molecule has 0 bridgehead atoms. The predicted molar refractivity (Wildman–Crippen MR) is 64.7 cm³/mol. The molecule has 0 aliphatic rings. The zero-order chi connectivity index (χ0) is 13.8. The zero-order valence-electron chi connectivity index (χ0n) is 9.48. The third-order valence-corrected chi connectivity index (χ3v) is 2.24. The molecule has 0 aliphatic carbocycles. The van der Waals surface area contributed by atoms with E-state index in [9.17, 15) is 20.0 Å². The van der Waals surface area contributed by atoms with Crippen LogP contribution in [-0.4, -0.2) is 25.9 Å². The van der Waals surface area contributed by atoms with Gasteiger partial charge in [0.1, 0.15) is 6.20 Å². The van der Waals surface area contributed by atoms with Crippen molar-refractivity contribution in [1.82, 2.24) is 9.97 Å². The minimum Gasteiger partial charge on any atom is -0.504 e. The van der Waals surface area contributed by atoms with E-state index in [0.29, 0.717) is 5.56 Å². The van der Waals surface area contributed by atoms with Crippen LogP contribution in [0.4, 0.5) is 11.5 Å². The van der Waals surface area contributed by atoms with E-state index in [1.165, 1.54) is 24.5 Å². The summed E-state index contributed by atoms with van der Waals surface area (Å²) in [6, 6.07) is 3.88. The summed E-state index contributed by atoms with van der Waals surface area (Å²) in [5, 5.41) is 22.4. The summed E-state index contributed by atoms with van der Waals surface area (Å²) in [7, 11) is 0. The van der Waals surface area contributed by atoms with E-state index in [1.54, 1.807) is 0 Å². The smallest absolute Gasteiger partial charge is 0.291 e. The van der Waals surface area contributed by atoms with Gasteiger partial charge in [-0.2, -0.15) is 0 Å². The minimum atomic E-state index is -0.693. The number of amides is 1. The average molecular weight is 260 g/mol. The number of hydrogen-bond donors (Lipinski definition) is 2. The van der Waals surface area contributed by atoms with Gasteiger partial charge in [-0.3, -0.25) is 19.9 Å². The topological polar surface area (TPSA) is 118 Å². The highest BCUT2D eigenvalue weighted by Gasteiger charge is 2.14. The van der Waals surface area contributed by atoms with Crippen LogP contribution in [0.2, 0.25) is 0 Å². The van der Waals surface area contributed by atoms with Crippen molar-refractivity contribution >= 4 is 17.4 Å². The Labute approximate surface area is 106 Å². The van der Waals surface area contributed by atoms with Gasteiger partial charge in [0.15, 0.2) is 11.6 Å². The Morgan fingerprint density at radius 2 is 2.05 bits per heavy atom. The van der Waals surface area contributed by atoms with Crippen LogP contribution in [0.3, 0.4) is 0 Å². The largest absolute Gasteiger partial charge is 0.504 e. The molecule has 96 valence electrons. The number of aromatic nitrogens is 2. The summed E-state index contributed by atoms with van der Waals surface area (Å²) in [5.41, 5.74) is -0.0334. The summed E-state index contributed by atoms with van der Waals surface area (Å²) in [6.07, 6.45) is 3.83. The van der Waals surface area contributed by atoms with Crippen molar-refractivity contribution in [2.45, 2.75) is 0 Å². The lowest BCUT2D eigenvalue weighted by atomic mass is 10.2. The van der Waals surface area contributed by atoms with Crippen molar-refractivity contribution in [3.8, 4) is 5.75 Å². The predicted octanol–water partition coefficient (Wildman–Crippen LogP) is 1.34. The van der Waals surface area contributed by atoms with Crippen LogP contribution in [0.25, 0.3) is 0 Å². The molecule has 0 aliphatic heterocycles. The van der Waals surface area contributed by atoms with E-state index in [1.807, 2.05) is 0 Å². The van der Waals surface area contributed by atoms with Gasteiger partial charge < -0.3 is 10.4 Å². The normalized spacial score (nSPS) is 9.89. The molecule has 0 saturated carbocycles. The van der Waals surface area contributed by atoms with Gasteiger partial charge in [-0.15, -0.1) is 0 Å². The molecule has 2 heterocycles. The van der Waals surface area contributed by atoms with Crippen LogP contribution in [-0.2, 0) is 0 Å². The highest BCUT2D eigenvalue weighted by atomic mass is 16.6. The van der Waals surface area contributed by atoms with Crippen LogP contribution in [0.1, 0.15) is 10.4 Å². The Balaban J connectivity index is 2.20. The number of nitrogens with one attached hydrogen (secondary N) is 1. The first-order chi connectivity index (χ1) is 9.08. The van der Waals surface area contributed by atoms with Crippen LogP contribution in [0.5, 0.6) is 5.75 Å². The molecule has 2 N–H and O–H groups in total. The highest BCUT2D eigenvalue weighted by molar-refractivity contribution is 6.04. The van der Waals surface area contributed by atoms with E-state index in [0.717, 1.165) is 12.3 Å². The molecule has 8 heteroatoms. The fraction of sp³-hybridized carbons (Fsp3) is 0. The monoisotopic (exact) mass is 260 g/mol. The summed E-state index contributed by atoms with van der Waals surface area (Å²) in [5.74, 6) is -1.12. The van der Waals surface area contributed by atoms with E-state index >= 15 is 0 Å². The first-order valence-corrected chi connectivity index (χ1v) is 5.12. The first kappa shape index (κ1) is 12.4. The van der Waals surface area contributed by atoms with Gasteiger partial charge >= 0.3 is 0 Å². The second-order valence-electron chi connectivity index (χ2n) is 3.51. The Kier molecular flexibility index (Phi) is 3.33. The van der Waals surface area contributed by atoms with Crippen LogP contribution in [0, 0.1) is 10.1 Å². The Bertz CT molecular complexity index is 630. The number of hydrogen-bond acceptors (Lipinski definition) is 6. The SMILES string of the molecule is O=C(Nc1ncc([N+](=O)[O-])cc1O)c1ccncc1. The van der Waals surface area contributed by atoms with Crippen molar-refractivity contribution in [2.24, 2.45) is 0 Å². The second kappa shape index (κ2) is 5.08. The fourth-order valence-corrected chi connectivity index (χ4v) is 1.32. The molecule has 8 nitrogen and oxygen atoms in total. The second-order valence-corrected chi connectivity index (χ2v) is 3.51. The lowest BCUT2D eigenvalue weighted by molar-refractivity contribution is -0.385. The minimum absolute atomic E-state index is 0.146. The molecule has 0 saturated heterocycles. The Morgan fingerprint density at radius 3 is 2.63 bits per heavy atom. The van der Waals surface area contributed by atoms with Crippen molar-refractivity contribution < 1.29 is 14.8 Å². The number of nitro groups is 1. The molecule has 2 aromatic heterocycles. The van der Waals surface area contributed by atoms with Crippen LogP contribution < -0.4 is 5.32 Å². The molecule has 2 rings (SSSR count). The number of anilines is 1. The highest BCUT2D eigenvalue weighted by Crippen LogP contribution is 2.25. The third-order valence-electron chi connectivity index (χ3n) is 2.24. The van der Waals surface area contributed by atoms with E-state index in [2.05, 4.69) is 15.3 Å². The Morgan fingerprint density at radius 1 is 1.37 bits per heavy atom. The van der Waals surface area contributed by atoms with Gasteiger partial charge in [-0.25, -0.2) is 4.98 Å². The maximum atomic E-state index is 11.8. The quantitative estimate of drug-likeness (QED) is 0.635. The maximum absolute atomic E-state index is 11.8. The lowest BCUT2D eigenvalue weighted by Crippen LogP contribution is -2.13. The van der Waals surface area contributed by atoms with Crippen molar-refractivity contribution in [2.75, 3.05) is 5.32 Å². The molecule has 0 aromatic carbocycles. The Hall–Kier alpha value is -3.03. The molecule has 0 unspecified atom stereocenters. The van der Waals surface area contributed by atoms with Gasteiger partial charge in [0.25, 0.3) is 11.6 Å². The summed E-state index contributed by atoms with van der Waals surface area (Å²) < 4.78 is 0. The van der Waals surface area contributed by atoms with Crippen molar-refractivity contribution in [3.05, 3.63) is 52.5 Å². The summed E-state index contributed by atoms with van der Waals surface area (Å²) in [4.78, 5) is 28.9. The van der Waals surface area contributed by atoms with Crippen LogP contribution in [0.15, 0.2) is 36.8 Å². The molecule has 0 atom stereocenters. The molecule has 1 amide bonds. The molecule has 0 spiro atoms. The lowest BCUT2D eigenvalue weighted by Gasteiger charge is -2.05. The zero-order valence-corrected chi connectivity index (χ0v) is 9.48. The van der Waals surface area contributed by atoms with E-state index < -0.39 is 16.6 Å². The van der Waals surface area contributed by atoms with Gasteiger partial charge in [-0.05, 0) is 12.1 Å². The average Bonchev–Trinajstić information content (AvgIpc) is 2.41. The summed E-state index contributed by atoms with van der Waals surface area (Å²) in [6.45, 7) is 0. The van der Waals surface area contributed by atoms with Crippen LogP contribution >= 0.6 is 0 Å². The van der Waals surface area contributed by atoms with Gasteiger partial charge in [0, 0.05) is 18.0 Å². The number of rotatable bonds is 3. The number of carbonyl (C=O) groups is 1. The van der Waals surface area contributed by atoms with Crippen molar-refractivity contribution in [1.29, 1.82) is 0 Å². The maximum Gasteiger partial charge on any atom is 0.291 e. The number of aromatic hydroxyl groups is 1. The molecule has 0 fully saturated rings. The van der Waals surface area contributed by atoms with E-state index in [-0.39, 0.29) is 11.5 Å². The van der Waals surface area contributed by atoms with Gasteiger partial charge in [0.2, 0.25) is 0 Å². The molecule has 19 heavy (non-hydrogen) atoms. The van der Waals surface area contributed by atoms with E-state index in [4.69, 9.17) is 0 Å². The van der Waals surface area contributed by atoms with Crippen molar-refractivity contribution in [3.63, 3.8) is 0 Å². The molecule has 0 radical (unpaired) electrons. The number of carbonyl (C=O) groups excluding carboxylic acids is 1. The third kappa shape index (κ3) is 2.80. The molecular formula is C11H8N4O4.